The van der Waals surface area contributed by atoms with E-state index in [1.54, 1.807) is 12.1 Å². The Bertz CT molecular complexity index is 618. The number of Topliss-reactive ketones (excluding diaryl/α,β-unsaturated/α-hetero) is 1. The van der Waals surface area contributed by atoms with E-state index in [-0.39, 0.29) is 12.2 Å². The summed E-state index contributed by atoms with van der Waals surface area (Å²) in [7, 11) is 3.82. The number of benzene rings is 1. The van der Waals surface area contributed by atoms with Crippen molar-refractivity contribution in [3.63, 3.8) is 0 Å². The van der Waals surface area contributed by atoms with Gasteiger partial charge in [0.1, 0.15) is 5.75 Å². The summed E-state index contributed by atoms with van der Waals surface area (Å²) >= 11 is 0. The third kappa shape index (κ3) is 2.34. The molecular weight excluding hydrogens is 288 g/mol. The molecule has 1 aromatic rings. The molecule has 0 bridgehead atoms. The van der Waals surface area contributed by atoms with Crippen LogP contribution in [0.2, 0.25) is 0 Å². The van der Waals surface area contributed by atoms with Crippen LogP contribution in [0.5, 0.6) is 5.75 Å². The molecule has 6 nitrogen and oxygen atoms in total. The minimum atomic E-state index is -1.53. The van der Waals surface area contributed by atoms with Gasteiger partial charge in [-0.1, -0.05) is 11.6 Å². The maximum absolute atomic E-state index is 12.7. The maximum atomic E-state index is 12.7. The molecule has 22 heavy (non-hydrogen) atoms. The van der Waals surface area contributed by atoms with Crippen molar-refractivity contribution in [2.24, 2.45) is 11.3 Å². The third-order valence-corrected chi connectivity index (χ3v) is 4.00. The summed E-state index contributed by atoms with van der Waals surface area (Å²) in [6.07, 6.45) is 0.0856. The predicted octanol–water partition coefficient (Wildman–Crippen LogP) is 1.54. The summed E-state index contributed by atoms with van der Waals surface area (Å²) in [5.74, 6) is -2.20. The van der Waals surface area contributed by atoms with Gasteiger partial charge in [-0.3, -0.25) is 14.4 Å². The van der Waals surface area contributed by atoms with Crippen molar-refractivity contribution in [2.75, 3.05) is 21.3 Å². The molecule has 1 atom stereocenters. The molecule has 1 aromatic carbocycles. The van der Waals surface area contributed by atoms with Gasteiger partial charge in [-0.2, -0.15) is 0 Å². The first-order valence-electron chi connectivity index (χ1n) is 6.78. The Balaban J connectivity index is 2.38. The lowest BCUT2D eigenvalue weighted by Crippen LogP contribution is -2.32. The van der Waals surface area contributed by atoms with E-state index in [1.807, 2.05) is 13.0 Å². The molecule has 0 spiro atoms. The van der Waals surface area contributed by atoms with Crippen LogP contribution in [0.3, 0.4) is 0 Å². The van der Waals surface area contributed by atoms with Gasteiger partial charge < -0.3 is 14.2 Å². The highest BCUT2D eigenvalue weighted by Crippen LogP contribution is 2.56. The number of hydrogen-bond acceptors (Lipinski definition) is 6. The Morgan fingerprint density at radius 1 is 1.09 bits per heavy atom. The van der Waals surface area contributed by atoms with E-state index in [4.69, 9.17) is 4.74 Å². The minimum Gasteiger partial charge on any atom is -0.496 e. The quantitative estimate of drug-likeness (QED) is 0.466. The number of methoxy groups -OCH3 is 3. The SMILES string of the molecule is COC(=O)C1(C(=O)OC)CC1C(=O)c1cc(C)ccc1OC. The molecule has 0 radical (unpaired) electrons. The fourth-order valence-electron chi connectivity index (χ4n) is 2.68. The van der Waals surface area contributed by atoms with E-state index in [0.717, 1.165) is 5.56 Å². The molecule has 0 aromatic heterocycles. The van der Waals surface area contributed by atoms with Crippen molar-refractivity contribution in [3.05, 3.63) is 29.3 Å². The van der Waals surface area contributed by atoms with Gasteiger partial charge in [0.05, 0.1) is 32.8 Å². The molecule has 6 heteroatoms. The molecule has 0 saturated heterocycles. The number of ether oxygens (including phenoxy) is 3. The van der Waals surface area contributed by atoms with Crippen molar-refractivity contribution in [3.8, 4) is 5.75 Å². The molecular formula is C16H18O6. The molecule has 1 saturated carbocycles. The number of esters is 2. The average Bonchev–Trinajstić information content (AvgIpc) is 3.29. The van der Waals surface area contributed by atoms with Gasteiger partial charge in [-0.05, 0) is 25.5 Å². The summed E-state index contributed by atoms with van der Waals surface area (Å²) in [5, 5.41) is 0. The van der Waals surface area contributed by atoms with Crippen LogP contribution in [0.15, 0.2) is 18.2 Å². The molecule has 0 amide bonds. The molecule has 1 aliphatic rings. The van der Waals surface area contributed by atoms with Gasteiger partial charge in [-0.15, -0.1) is 0 Å². The molecule has 0 aliphatic heterocycles. The van der Waals surface area contributed by atoms with Crippen molar-refractivity contribution < 1.29 is 28.6 Å². The number of rotatable bonds is 5. The Kier molecular flexibility index (Phi) is 4.21. The van der Waals surface area contributed by atoms with E-state index in [2.05, 4.69) is 9.47 Å². The van der Waals surface area contributed by atoms with Crippen molar-refractivity contribution in [1.29, 1.82) is 0 Å². The highest BCUT2D eigenvalue weighted by molar-refractivity contribution is 6.14. The number of carbonyl (C=O) groups is 3. The Labute approximate surface area is 128 Å². The fourth-order valence-corrected chi connectivity index (χ4v) is 2.68. The largest absolute Gasteiger partial charge is 0.496 e. The lowest BCUT2D eigenvalue weighted by atomic mass is 9.96. The van der Waals surface area contributed by atoms with Gasteiger partial charge in [0, 0.05) is 0 Å². The Morgan fingerprint density at radius 2 is 1.68 bits per heavy atom. The van der Waals surface area contributed by atoms with Crippen molar-refractivity contribution >= 4 is 17.7 Å². The third-order valence-electron chi connectivity index (χ3n) is 4.00. The zero-order valence-electron chi connectivity index (χ0n) is 13.0. The summed E-state index contributed by atoms with van der Waals surface area (Å²) in [4.78, 5) is 36.6. The summed E-state index contributed by atoms with van der Waals surface area (Å²) in [6.45, 7) is 1.84. The first-order chi connectivity index (χ1) is 10.4. The van der Waals surface area contributed by atoms with Crippen LogP contribution in [-0.4, -0.2) is 39.1 Å². The molecule has 0 N–H and O–H groups in total. The first kappa shape index (κ1) is 16.0. The monoisotopic (exact) mass is 306 g/mol. The molecule has 1 unspecified atom stereocenters. The second kappa shape index (κ2) is 5.79. The van der Waals surface area contributed by atoms with E-state index >= 15 is 0 Å². The topological polar surface area (TPSA) is 78.9 Å². The predicted molar refractivity (Wildman–Crippen MR) is 76.6 cm³/mol. The number of ketones is 1. The maximum Gasteiger partial charge on any atom is 0.324 e. The Morgan fingerprint density at radius 3 is 2.18 bits per heavy atom. The van der Waals surface area contributed by atoms with Gasteiger partial charge in [0.15, 0.2) is 11.2 Å². The van der Waals surface area contributed by atoms with Gasteiger partial charge >= 0.3 is 11.9 Å². The molecule has 1 fully saturated rings. The van der Waals surface area contributed by atoms with Crippen LogP contribution in [0.25, 0.3) is 0 Å². The zero-order valence-corrected chi connectivity index (χ0v) is 13.0. The summed E-state index contributed by atoms with van der Waals surface area (Å²) in [6, 6.07) is 5.18. The van der Waals surface area contributed by atoms with Crippen LogP contribution < -0.4 is 4.74 Å². The Hall–Kier alpha value is -2.37. The molecule has 0 heterocycles. The molecule has 1 aliphatic carbocycles. The highest BCUT2D eigenvalue weighted by Gasteiger charge is 2.71. The lowest BCUT2D eigenvalue weighted by Gasteiger charge is -2.13. The van der Waals surface area contributed by atoms with Crippen LogP contribution >= 0.6 is 0 Å². The van der Waals surface area contributed by atoms with E-state index in [1.165, 1.54) is 21.3 Å². The number of hydrogen-bond donors (Lipinski definition) is 0. The second-order valence-corrected chi connectivity index (χ2v) is 5.28. The first-order valence-corrected chi connectivity index (χ1v) is 6.78. The standard InChI is InChI=1S/C16H18O6/c1-9-5-6-12(20-2)10(7-9)13(17)11-8-16(11,14(18)21-3)15(19)22-4/h5-7,11H,8H2,1-4H3. The van der Waals surface area contributed by atoms with Crippen LogP contribution in [0.1, 0.15) is 22.3 Å². The molecule has 118 valence electrons. The van der Waals surface area contributed by atoms with Crippen LogP contribution in [0, 0.1) is 18.3 Å². The summed E-state index contributed by atoms with van der Waals surface area (Å²) in [5.41, 5.74) is -0.302. The van der Waals surface area contributed by atoms with E-state index < -0.39 is 23.3 Å². The van der Waals surface area contributed by atoms with Gasteiger partial charge in [-0.25, -0.2) is 0 Å². The van der Waals surface area contributed by atoms with Crippen molar-refractivity contribution in [2.45, 2.75) is 13.3 Å². The van der Waals surface area contributed by atoms with E-state index in [9.17, 15) is 14.4 Å². The lowest BCUT2D eigenvalue weighted by molar-refractivity contribution is -0.161. The number of carbonyl (C=O) groups excluding carboxylic acids is 3. The molecule has 2 rings (SSSR count). The zero-order chi connectivity index (χ0) is 16.5. The second-order valence-electron chi connectivity index (χ2n) is 5.28. The fraction of sp³-hybridized carbons (Fsp3) is 0.438. The van der Waals surface area contributed by atoms with Gasteiger partial charge in [0.2, 0.25) is 0 Å². The highest BCUT2D eigenvalue weighted by atomic mass is 16.5. The van der Waals surface area contributed by atoms with E-state index in [0.29, 0.717) is 11.3 Å². The average molecular weight is 306 g/mol. The van der Waals surface area contributed by atoms with Gasteiger partial charge in [0.25, 0.3) is 0 Å². The van der Waals surface area contributed by atoms with Crippen molar-refractivity contribution in [1.82, 2.24) is 0 Å². The number of aryl methyl sites for hydroxylation is 1. The summed E-state index contributed by atoms with van der Waals surface area (Å²) < 4.78 is 14.5. The smallest absolute Gasteiger partial charge is 0.324 e. The minimum absolute atomic E-state index is 0.0856. The van der Waals surface area contributed by atoms with Crippen LogP contribution in [-0.2, 0) is 19.1 Å². The van der Waals surface area contributed by atoms with Crippen LogP contribution in [0.4, 0.5) is 0 Å². The normalized spacial score (nSPS) is 18.3.